The van der Waals surface area contributed by atoms with Crippen molar-refractivity contribution in [3.05, 3.63) is 101 Å². The summed E-state index contributed by atoms with van der Waals surface area (Å²) in [6.07, 6.45) is 2.69. The first-order valence-corrected chi connectivity index (χ1v) is 14.6. The number of unbranched alkanes of at least 4 members (excludes halogenated alkanes) is 1. The van der Waals surface area contributed by atoms with E-state index >= 15 is 0 Å². The van der Waals surface area contributed by atoms with Crippen LogP contribution in [0.2, 0.25) is 5.15 Å². The number of benzene rings is 3. The molecule has 0 spiro atoms. The van der Waals surface area contributed by atoms with Gasteiger partial charge in [-0.05, 0) is 65.6 Å². The second kappa shape index (κ2) is 14.1. The number of phenols is 1. The molecule has 11 heteroatoms. The fourth-order valence-corrected chi connectivity index (χ4v) is 5.22. The van der Waals surface area contributed by atoms with Gasteiger partial charge in [-0.25, -0.2) is 4.98 Å². The number of rotatable bonds is 13. The molecule has 0 saturated carbocycles. The van der Waals surface area contributed by atoms with Crippen molar-refractivity contribution in [2.45, 2.75) is 51.2 Å². The number of tetrazole rings is 1. The van der Waals surface area contributed by atoms with E-state index in [2.05, 4.69) is 42.8 Å². The Balaban J connectivity index is 1.47. The number of carbonyl (C=O) groups excluding carboxylic acids is 1. The molecule has 0 aliphatic carbocycles. The zero-order valence-corrected chi connectivity index (χ0v) is 24.8. The molecule has 0 unspecified atom stereocenters. The third-order valence-corrected chi connectivity index (χ3v) is 7.56. The minimum absolute atomic E-state index is 0.165. The summed E-state index contributed by atoms with van der Waals surface area (Å²) in [7, 11) is 1.72. The molecule has 2 aromatic heterocycles. The number of nitrogens with one attached hydrogen (secondary N) is 3. The van der Waals surface area contributed by atoms with Crippen molar-refractivity contribution in [1.82, 2.24) is 35.9 Å². The molecule has 0 saturated heterocycles. The SMILES string of the molecule is CCCCc1nc(Cl)c([C@H](Cc2ccc(-c3ccccc3)c(-c3nn[nH]n3)c2)OC(=O)[C@H](Cc2ccc(O)cc2)NC)[nH]1. The summed E-state index contributed by atoms with van der Waals surface area (Å²) in [4.78, 5) is 21.4. The second-order valence-electron chi connectivity index (χ2n) is 10.3. The highest BCUT2D eigenvalue weighted by Crippen LogP contribution is 2.34. The number of aromatic nitrogens is 6. The lowest BCUT2D eigenvalue weighted by atomic mass is 9.95. The topological polar surface area (TPSA) is 142 Å². The molecule has 0 bridgehead atoms. The zero-order valence-electron chi connectivity index (χ0n) is 24.0. The van der Waals surface area contributed by atoms with Gasteiger partial charge in [-0.3, -0.25) is 4.79 Å². The number of phenolic OH excluding ortho intramolecular Hbond substituents is 1. The van der Waals surface area contributed by atoms with E-state index in [1.165, 1.54) is 0 Å². The van der Waals surface area contributed by atoms with Crippen LogP contribution in [0, 0.1) is 0 Å². The first kappa shape index (κ1) is 29.9. The zero-order chi connectivity index (χ0) is 30.2. The number of carbonyl (C=O) groups is 1. The Bertz CT molecular complexity index is 1620. The molecule has 2 atom stereocenters. The summed E-state index contributed by atoms with van der Waals surface area (Å²) in [5, 5.41) is 27.7. The second-order valence-corrected chi connectivity index (χ2v) is 10.7. The quantitative estimate of drug-likeness (QED) is 0.128. The molecule has 4 N–H and O–H groups in total. The maximum absolute atomic E-state index is 13.6. The van der Waals surface area contributed by atoms with E-state index in [-0.39, 0.29) is 10.9 Å². The Kier molecular flexibility index (Phi) is 9.81. The summed E-state index contributed by atoms with van der Waals surface area (Å²) in [5.74, 6) is 0.947. The summed E-state index contributed by atoms with van der Waals surface area (Å²) < 4.78 is 6.18. The highest BCUT2D eigenvalue weighted by molar-refractivity contribution is 6.30. The highest BCUT2D eigenvalue weighted by Gasteiger charge is 2.28. The van der Waals surface area contributed by atoms with Gasteiger partial charge in [0.1, 0.15) is 23.7 Å². The highest BCUT2D eigenvalue weighted by atomic mass is 35.5. The fraction of sp³-hybridized carbons (Fsp3) is 0.281. The van der Waals surface area contributed by atoms with Gasteiger partial charge in [-0.2, -0.15) is 5.21 Å². The molecule has 43 heavy (non-hydrogen) atoms. The van der Waals surface area contributed by atoms with Crippen LogP contribution < -0.4 is 5.32 Å². The van der Waals surface area contributed by atoms with E-state index in [4.69, 9.17) is 16.3 Å². The first-order valence-electron chi connectivity index (χ1n) is 14.3. The third-order valence-electron chi connectivity index (χ3n) is 7.27. The third kappa shape index (κ3) is 7.46. The number of imidazole rings is 1. The van der Waals surface area contributed by atoms with Crippen molar-refractivity contribution in [3.8, 4) is 28.3 Å². The normalized spacial score (nSPS) is 12.6. The lowest BCUT2D eigenvalue weighted by Crippen LogP contribution is -2.38. The number of nitrogens with zero attached hydrogens (tertiary/aromatic N) is 4. The van der Waals surface area contributed by atoms with E-state index in [1.54, 1.807) is 31.3 Å². The fourth-order valence-electron chi connectivity index (χ4n) is 4.95. The number of H-pyrrole nitrogens is 2. The summed E-state index contributed by atoms with van der Waals surface area (Å²) in [5.41, 5.74) is 5.08. The van der Waals surface area contributed by atoms with Crippen molar-refractivity contribution < 1.29 is 14.6 Å². The van der Waals surface area contributed by atoms with E-state index in [0.29, 0.717) is 24.4 Å². The standard InChI is InChI=1S/C32H34ClN7O3/c1-3-4-10-28-35-29(30(33)36-28)27(43-32(42)26(34-2)18-20-11-14-23(41)15-12-20)19-21-13-16-24(22-8-6-5-7-9-22)25(17-21)31-37-39-40-38-31/h5-9,11-17,26-27,34,41H,3-4,10,18-19H2,1-2H3,(H,35,36)(H,37,38,39,40)/t26-,27-/m0/s1. The monoisotopic (exact) mass is 599 g/mol. The molecular weight excluding hydrogens is 566 g/mol. The smallest absolute Gasteiger partial charge is 0.324 e. The van der Waals surface area contributed by atoms with Crippen LogP contribution in [0.5, 0.6) is 5.75 Å². The van der Waals surface area contributed by atoms with Gasteiger partial charge in [-0.1, -0.05) is 79.5 Å². The molecule has 0 radical (unpaired) electrons. The van der Waals surface area contributed by atoms with Crippen LogP contribution in [-0.2, 0) is 28.8 Å². The van der Waals surface area contributed by atoms with Crippen LogP contribution in [0.4, 0.5) is 0 Å². The van der Waals surface area contributed by atoms with Gasteiger partial charge in [0, 0.05) is 18.4 Å². The van der Waals surface area contributed by atoms with Crippen LogP contribution in [-0.4, -0.2) is 54.8 Å². The maximum Gasteiger partial charge on any atom is 0.324 e. The molecule has 5 rings (SSSR count). The van der Waals surface area contributed by atoms with E-state index in [0.717, 1.165) is 52.9 Å². The molecule has 222 valence electrons. The number of aromatic amines is 2. The van der Waals surface area contributed by atoms with Crippen LogP contribution in [0.15, 0.2) is 72.8 Å². The predicted molar refractivity (Wildman–Crippen MR) is 164 cm³/mol. The van der Waals surface area contributed by atoms with Gasteiger partial charge < -0.3 is 20.1 Å². The molecule has 0 aliphatic heterocycles. The summed E-state index contributed by atoms with van der Waals surface area (Å²) in [6, 6.07) is 22.1. The van der Waals surface area contributed by atoms with Gasteiger partial charge in [-0.15, -0.1) is 10.2 Å². The summed E-state index contributed by atoms with van der Waals surface area (Å²) >= 11 is 6.64. The molecule has 0 aliphatic rings. The van der Waals surface area contributed by atoms with Crippen molar-refractivity contribution in [2.24, 2.45) is 0 Å². The van der Waals surface area contributed by atoms with Gasteiger partial charge >= 0.3 is 5.97 Å². The van der Waals surface area contributed by atoms with Gasteiger partial charge in [0.25, 0.3) is 0 Å². The molecular formula is C32H34ClN7O3. The molecule has 0 amide bonds. The number of aryl methyl sites for hydroxylation is 1. The van der Waals surface area contributed by atoms with E-state index in [9.17, 15) is 9.90 Å². The Labute approximate surface area is 254 Å². The van der Waals surface area contributed by atoms with E-state index in [1.807, 2.05) is 48.5 Å². The van der Waals surface area contributed by atoms with E-state index < -0.39 is 18.1 Å². The lowest BCUT2D eigenvalue weighted by Gasteiger charge is -2.22. The minimum Gasteiger partial charge on any atom is -0.508 e. The Morgan fingerprint density at radius 3 is 2.49 bits per heavy atom. The molecule has 10 nitrogen and oxygen atoms in total. The van der Waals surface area contributed by atoms with Crippen LogP contribution in [0.25, 0.3) is 22.5 Å². The predicted octanol–water partition coefficient (Wildman–Crippen LogP) is 5.62. The first-order chi connectivity index (χ1) is 20.9. The largest absolute Gasteiger partial charge is 0.508 e. The average molecular weight is 600 g/mol. The Hall–Kier alpha value is -4.54. The number of likely N-dealkylation sites (N-methyl/N-ethyl adjacent to an activating group) is 1. The molecule has 2 heterocycles. The number of hydrogen-bond acceptors (Lipinski definition) is 8. The van der Waals surface area contributed by atoms with Crippen molar-refractivity contribution >= 4 is 17.6 Å². The molecule has 5 aromatic rings. The lowest BCUT2D eigenvalue weighted by molar-refractivity contribution is -0.152. The van der Waals surface area contributed by atoms with Crippen molar-refractivity contribution in [1.29, 1.82) is 0 Å². The average Bonchev–Trinajstić information content (AvgIpc) is 3.70. The van der Waals surface area contributed by atoms with Crippen molar-refractivity contribution in [3.63, 3.8) is 0 Å². The van der Waals surface area contributed by atoms with Gasteiger partial charge in [0.2, 0.25) is 5.82 Å². The molecule has 3 aromatic carbocycles. The van der Waals surface area contributed by atoms with Gasteiger partial charge in [0.15, 0.2) is 5.15 Å². The summed E-state index contributed by atoms with van der Waals surface area (Å²) in [6.45, 7) is 2.11. The van der Waals surface area contributed by atoms with Gasteiger partial charge in [0.05, 0.1) is 5.69 Å². The number of aromatic hydroxyl groups is 1. The molecule has 0 fully saturated rings. The number of ether oxygens (including phenoxy) is 1. The number of esters is 1. The number of halogens is 1. The van der Waals surface area contributed by atoms with Crippen LogP contribution in [0.3, 0.4) is 0 Å². The number of hydrogen-bond donors (Lipinski definition) is 4. The Morgan fingerprint density at radius 2 is 1.79 bits per heavy atom. The maximum atomic E-state index is 13.6. The van der Waals surface area contributed by atoms with Crippen LogP contribution in [0.1, 0.15) is 48.5 Å². The van der Waals surface area contributed by atoms with Crippen molar-refractivity contribution in [2.75, 3.05) is 7.05 Å². The Morgan fingerprint density at radius 1 is 1.02 bits per heavy atom. The minimum atomic E-state index is -0.737. The van der Waals surface area contributed by atoms with Crippen LogP contribution >= 0.6 is 11.6 Å².